The van der Waals surface area contributed by atoms with Crippen LogP contribution in [0.2, 0.25) is 0 Å². The first kappa shape index (κ1) is 9.58. The summed E-state index contributed by atoms with van der Waals surface area (Å²) in [5.41, 5.74) is 0.588. The van der Waals surface area contributed by atoms with E-state index in [0.717, 1.165) is 5.56 Å². The molecule has 76 valence electrons. The van der Waals surface area contributed by atoms with Crippen LogP contribution >= 0.6 is 0 Å². The average molecular weight is 205 g/mol. The summed E-state index contributed by atoms with van der Waals surface area (Å²) < 4.78 is 13.5. The topological polar surface area (TPSA) is 50.2 Å². The van der Waals surface area contributed by atoms with Crippen molar-refractivity contribution in [2.24, 2.45) is 0 Å². The normalized spacial score (nSPS) is 10.5. The molecule has 0 bridgehead atoms. The second-order valence-electron chi connectivity index (χ2n) is 3.25. The van der Waals surface area contributed by atoms with Crippen molar-refractivity contribution in [2.45, 2.75) is 6.92 Å². The lowest BCUT2D eigenvalue weighted by Gasteiger charge is -2.05. The molecular formula is C11H8FNO2. The Kier molecular flexibility index (Phi) is 2.11. The third-order valence-electron chi connectivity index (χ3n) is 2.30. The fourth-order valence-corrected chi connectivity index (χ4v) is 1.57. The zero-order valence-corrected chi connectivity index (χ0v) is 7.99. The Labute approximate surface area is 85.2 Å². The summed E-state index contributed by atoms with van der Waals surface area (Å²) in [6.07, 6.45) is 1.37. The number of carboxylic acids is 1. The van der Waals surface area contributed by atoms with Gasteiger partial charge in [-0.15, -0.1) is 0 Å². The summed E-state index contributed by atoms with van der Waals surface area (Å²) in [7, 11) is 0. The number of halogens is 1. The molecule has 0 aliphatic rings. The van der Waals surface area contributed by atoms with Crippen molar-refractivity contribution in [3.63, 3.8) is 0 Å². The van der Waals surface area contributed by atoms with Crippen molar-refractivity contribution >= 4 is 16.7 Å². The highest BCUT2D eigenvalue weighted by atomic mass is 19.1. The molecule has 0 saturated heterocycles. The van der Waals surface area contributed by atoms with Crippen molar-refractivity contribution < 1.29 is 14.3 Å². The molecule has 2 rings (SSSR count). The van der Waals surface area contributed by atoms with E-state index in [0.29, 0.717) is 5.39 Å². The third-order valence-corrected chi connectivity index (χ3v) is 2.30. The molecule has 1 heterocycles. The van der Waals surface area contributed by atoms with E-state index in [-0.39, 0.29) is 11.1 Å². The number of aryl methyl sites for hydroxylation is 1. The molecule has 1 aromatic carbocycles. The predicted octanol–water partition coefficient (Wildman–Crippen LogP) is 2.38. The Morgan fingerprint density at radius 1 is 1.40 bits per heavy atom. The molecular weight excluding hydrogens is 197 g/mol. The zero-order valence-electron chi connectivity index (χ0n) is 7.99. The molecule has 0 aliphatic heterocycles. The number of hydrogen-bond acceptors (Lipinski definition) is 2. The Morgan fingerprint density at radius 3 is 2.80 bits per heavy atom. The number of aromatic carboxylic acids is 1. The SMILES string of the molecule is Cc1ccc(F)c2c(C(=O)O)nccc12. The summed E-state index contributed by atoms with van der Waals surface area (Å²) in [4.78, 5) is 14.5. The fraction of sp³-hybridized carbons (Fsp3) is 0.0909. The van der Waals surface area contributed by atoms with Gasteiger partial charge in [-0.2, -0.15) is 0 Å². The van der Waals surface area contributed by atoms with Gasteiger partial charge in [0.15, 0.2) is 5.69 Å². The van der Waals surface area contributed by atoms with E-state index in [9.17, 15) is 9.18 Å². The van der Waals surface area contributed by atoms with Crippen molar-refractivity contribution in [1.29, 1.82) is 0 Å². The van der Waals surface area contributed by atoms with Gasteiger partial charge < -0.3 is 5.11 Å². The first-order chi connectivity index (χ1) is 7.11. The van der Waals surface area contributed by atoms with E-state index < -0.39 is 11.8 Å². The van der Waals surface area contributed by atoms with E-state index >= 15 is 0 Å². The highest BCUT2D eigenvalue weighted by Gasteiger charge is 2.14. The van der Waals surface area contributed by atoms with Gasteiger partial charge in [-0.3, -0.25) is 0 Å². The zero-order chi connectivity index (χ0) is 11.0. The summed E-state index contributed by atoms with van der Waals surface area (Å²) in [6, 6.07) is 4.48. The number of aromatic nitrogens is 1. The van der Waals surface area contributed by atoms with Crippen LogP contribution in [0.1, 0.15) is 16.1 Å². The molecule has 3 nitrogen and oxygen atoms in total. The first-order valence-corrected chi connectivity index (χ1v) is 4.38. The minimum absolute atomic E-state index is 0.0741. The smallest absolute Gasteiger partial charge is 0.355 e. The number of carboxylic acid groups (broad SMARTS) is 1. The summed E-state index contributed by atoms with van der Waals surface area (Å²) >= 11 is 0. The van der Waals surface area contributed by atoms with Crippen LogP contribution in [0.25, 0.3) is 10.8 Å². The maximum Gasteiger partial charge on any atom is 0.355 e. The molecule has 0 atom stereocenters. The predicted molar refractivity (Wildman–Crippen MR) is 53.4 cm³/mol. The Bertz CT molecular complexity index is 552. The Morgan fingerprint density at radius 2 is 2.13 bits per heavy atom. The number of benzene rings is 1. The van der Waals surface area contributed by atoms with Crippen molar-refractivity contribution in [1.82, 2.24) is 4.98 Å². The molecule has 0 amide bonds. The standard InChI is InChI=1S/C11H8FNO2/c1-6-2-3-8(12)9-7(6)4-5-13-10(9)11(14)15/h2-5H,1H3,(H,14,15). The van der Waals surface area contributed by atoms with Gasteiger partial charge in [0.1, 0.15) is 5.82 Å². The van der Waals surface area contributed by atoms with Gasteiger partial charge >= 0.3 is 5.97 Å². The minimum Gasteiger partial charge on any atom is -0.476 e. The maximum atomic E-state index is 13.5. The van der Waals surface area contributed by atoms with E-state index in [1.54, 1.807) is 19.1 Å². The molecule has 0 fully saturated rings. The lowest BCUT2D eigenvalue weighted by molar-refractivity contribution is 0.0692. The van der Waals surface area contributed by atoms with Crippen LogP contribution in [0.3, 0.4) is 0 Å². The molecule has 2 aromatic rings. The van der Waals surface area contributed by atoms with E-state index in [1.165, 1.54) is 12.3 Å². The van der Waals surface area contributed by atoms with Gasteiger partial charge in [0.2, 0.25) is 0 Å². The molecule has 1 N–H and O–H groups in total. The molecule has 15 heavy (non-hydrogen) atoms. The van der Waals surface area contributed by atoms with E-state index in [2.05, 4.69) is 4.98 Å². The van der Waals surface area contributed by atoms with Gasteiger partial charge in [0.05, 0.1) is 5.39 Å². The van der Waals surface area contributed by atoms with Gasteiger partial charge in [-0.1, -0.05) is 6.07 Å². The number of hydrogen-bond donors (Lipinski definition) is 1. The Balaban J connectivity index is 2.96. The third kappa shape index (κ3) is 1.44. The quantitative estimate of drug-likeness (QED) is 0.777. The Hall–Kier alpha value is -1.97. The van der Waals surface area contributed by atoms with Crippen LogP contribution in [0.5, 0.6) is 0 Å². The molecule has 0 spiro atoms. The van der Waals surface area contributed by atoms with Crippen molar-refractivity contribution in [3.05, 3.63) is 41.5 Å². The van der Waals surface area contributed by atoms with Crippen molar-refractivity contribution in [2.75, 3.05) is 0 Å². The number of fused-ring (bicyclic) bond motifs is 1. The highest BCUT2D eigenvalue weighted by Crippen LogP contribution is 2.23. The molecule has 0 unspecified atom stereocenters. The number of pyridine rings is 1. The highest BCUT2D eigenvalue weighted by molar-refractivity contribution is 6.02. The number of carbonyl (C=O) groups is 1. The molecule has 0 saturated carbocycles. The lowest BCUT2D eigenvalue weighted by Crippen LogP contribution is -2.02. The lowest BCUT2D eigenvalue weighted by atomic mass is 10.0. The van der Waals surface area contributed by atoms with E-state index in [4.69, 9.17) is 5.11 Å². The summed E-state index contributed by atoms with van der Waals surface area (Å²) in [6.45, 7) is 1.80. The van der Waals surface area contributed by atoms with Gasteiger partial charge in [-0.25, -0.2) is 14.2 Å². The fourth-order valence-electron chi connectivity index (χ4n) is 1.57. The summed E-state index contributed by atoms with van der Waals surface area (Å²) in [5, 5.41) is 9.53. The monoisotopic (exact) mass is 205 g/mol. The van der Waals surface area contributed by atoms with Gasteiger partial charge in [-0.05, 0) is 30.0 Å². The van der Waals surface area contributed by atoms with Crippen LogP contribution in [0.4, 0.5) is 4.39 Å². The average Bonchev–Trinajstić information content (AvgIpc) is 2.23. The number of nitrogens with zero attached hydrogens (tertiary/aromatic N) is 1. The van der Waals surface area contributed by atoms with Crippen LogP contribution in [-0.2, 0) is 0 Å². The van der Waals surface area contributed by atoms with Gasteiger partial charge in [0, 0.05) is 6.20 Å². The molecule has 1 aromatic heterocycles. The van der Waals surface area contributed by atoms with Crippen LogP contribution < -0.4 is 0 Å². The van der Waals surface area contributed by atoms with E-state index in [1.807, 2.05) is 0 Å². The second kappa shape index (κ2) is 3.31. The molecule has 0 aliphatic carbocycles. The van der Waals surface area contributed by atoms with Crippen LogP contribution in [-0.4, -0.2) is 16.1 Å². The molecule has 4 heteroatoms. The first-order valence-electron chi connectivity index (χ1n) is 4.38. The van der Waals surface area contributed by atoms with Crippen LogP contribution in [0, 0.1) is 12.7 Å². The maximum absolute atomic E-state index is 13.5. The van der Waals surface area contributed by atoms with Gasteiger partial charge in [0.25, 0.3) is 0 Å². The second-order valence-corrected chi connectivity index (χ2v) is 3.25. The molecule has 0 radical (unpaired) electrons. The largest absolute Gasteiger partial charge is 0.476 e. The van der Waals surface area contributed by atoms with Crippen LogP contribution in [0.15, 0.2) is 24.4 Å². The number of rotatable bonds is 1. The summed E-state index contributed by atoms with van der Waals surface area (Å²) in [5.74, 6) is -1.77. The van der Waals surface area contributed by atoms with Crippen molar-refractivity contribution in [3.8, 4) is 0 Å². The minimum atomic E-state index is -1.22.